The zero-order valence-corrected chi connectivity index (χ0v) is 25.6. The van der Waals surface area contributed by atoms with Crippen LogP contribution < -0.4 is 14.4 Å². The first kappa shape index (κ1) is 31.4. The molecule has 0 saturated heterocycles. The number of hydrogen-bond donors (Lipinski definition) is 1. The first-order chi connectivity index (χ1) is 20.2. The Bertz CT molecular complexity index is 1440. The van der Waals surface area contributed by atoms with Gasteiger partial charge in [0.2, 0.25) is 11.8 Å². The van der Waals surface area contributed by atoms with Crippen molar-refractivity contribution in [1.82, 2.24) is 10.2 Å². The maximum Gasteiger partial charge on any atom is 0.264 e. The van der Waals surface area contributed by atoms with Gasteiger partial charge in [-0.3, -0.25) is 13.9 Å². The van der Waals surface area contributed by atoms with Crippen molar-refractivity contribution >= 4 is 39.1 Å². The lowest BCUT2D eigenvalue weighted by Crippen LogP contribution is -2.54. The van der Waals surface area contributed by atoms with Gasteiger partial charge < -0.3 is 15.0 Å². The SMILES string of the molecule is CC[C@@H](C(=O)NC1CCCCC1)N(Cc1ccccc1Cl)C(=O)CN(c1ccccc1)S(=O)(=O)c1ccc(OC)cc1. The molecule has 0 unspecified atom stereocenters. The lowest BCUT2D eigenvalue weighted by molar-refractivity contribution is -0.140. The lowest BCUT2D eigenvalue weighted by atomic mass is 9.95. The summed E-state index contributed by atoms with van der Waals surface area (Å²) in [4.78, 5) is 29.3. The number of sulfonamides is 1. The van der Waals surface area contributed by atoms with Crippen molar-refractivity contribution in [2.45, 2.75) is 69.0 Å². The van der Waals surface area contributed by atoms with Crippen molar-refractivity contribution in [3.63, 3.8) is 0 Å². The van der Waals surface area contributed by atoms with Gasteiger partial charge in [-0.05, 0) is 67.3 Å². The lowest BCUT2D eigenvalue weighted by Gasteiger charge is -2.34. The van der Waals surface area contributed by atoms with E-state index >= 15 is 0 Å². The molecule has 3 aromatic carbocycles. The zero-order chi connectivity index (χ0) is 30.1. The first-order valence-electron chi connectivity index (χ1n) is 14.3. The van der Waals surface area contributed by atoms with Crippen LogP contribution in [0.15, 0.2) is 83.8 Å². The minimum absolute atomic E-state index is 0.0136. The summed E-state index contributed by atoms with van der Waals surface area (Å²) in [5.74, 6) is -0.243. The second-order valence-electron chi connectivity index (χ2n) is 10.4. The number of carbonyl (C=O) groups is 2. The van der Waals surface area contributed by atoms with Crippen LogP contribution in [-0.2, 0) is 26.2 Å². The normalized spacial score (nSPS) is 14.5. The number of para-hydroxylation sites is 1. The van der Waals surface area contributed by atoms with Crippen molar-refractivity contribution < 1.29 is 22.7 Å². The molecule has 0 aliphatic heterocycles. The summed E-state index contributed by atoms with van der Waals surface area (Å²) in [6.07, 6.45) is 5.42. The Labute approximate surface area is 253 Å². The summed E-state index contributed by atoms with van der Waals surface area (Å²) in [6.45, 7) is 1.40. The van der Waals surface area contributed by atoms with Crippen LogP contribution in [0.1, 0.15) is 51.0 Å². The third-order valence-corrected chi connectivity index (χ3v) is 9.76. The summed E-state index contributed by atoms with van der Waals surface area (Å²) >= 11 is 6.48. The highest BCUT2D eigenvalue weighted by atomic mass is 35.5. The summed E-state index contributed by atoms with van der Waals surface area (Å²) in [6, 6.07) is 20.9. The molecule has 4 rings (SSSR count). The van der Waals surface area contributed by atoms with Gasteiger partial charge in [-0.1, -0.05) is 74.2 Å². The number of methoxy groups -OCH3 is 1. The smallest absolute Gasteiger partial charge is 0.264 e. The number of hydrogen-bond acceptors (Lipinski definition) is 5. The molecule has 0 spiro atoms. The molecular weight excluding hydrogens is 574 g/mol. The molecule has 0 heterocycles. The third kappa shape index (κ3) is 7.63. The summed E-state index contributed by atoms with van der Waals surface area (Å²) in [7, 11) is -2.66. The maximum atomic E-state index is 14.2. The Morgan fingerprint density at radius 1 is 0.952 bits per heavy atom. The molecule has 1 atom stereocenters. The Hall–Kier alpha value is -3.56. The highest BCUT2D eigenvalue weighted by molar-refractivity contribution is 7.92. The van der Waals surface area contributed by atoms with Gasteiger partial charge in [0.1, 0.15) is 18.3 Å². The van der Waals surface area contributed by atoms with Crippen molar-refractivity contribution in [1.29, 1.82) is 0 Å². The summed E-state index contributed by atoms with van der Waals surface area (Å²) < 4.78 is 34.2. The third-order valence-electron chi connectivity index (χ3n) is 7.61. The second kappa shape index (κ2) is 14.6. The van der Waals surface area contributed by atoms with Crippen molar-refractivity contribution in [2.24, 2.45) is 0 Å². The molecule has 10 heteroatoms. The van der Waals surface area contributed by atoms with Gasteiger partial charge in [0.25, 0.3) is 10.0 Å². The average Bonchev–Trinajstić information content (AvgIpc) is 3.01. The highest BCUT2D eigenvalue weighted by Crippen LogP contribution is 2.27. The van der Waals surface area contributed by atoms with Gasteiger partial charge >= 0.3 is 0 Å². The zero-order valence-electron chi connectivity index (χ0n) is 24.0. The number of nitrogens with zero attached hydrogens (tertiary/aromatic N) is 2. The van der Waals surface area contributed by atoms with E-state index in [-0.39, 0.29) is 23.4 Å². The van der Waals surface area contributed by atoms with Crippen molar-refractivity contribution in [3.8, 4) is 5.75 Å². The molecule has 1 saturated carbocycles. The van der Waals surface area contributed by atoms with Crippen LogP contribution in [0.4, 0.5) is 5.69 Å². The van der Waals surface area contributed by atoms with E-state index in [0.717, 1.165) is 36.4 Å². The molecule has 0 radical (unpaired) electrons. The summed E-state index contributed by atoms with van der Waals surface area (Å²) in [5, 5.41) is 3.61. The Morgan fingerprint density at radius 2 is 1.60 bits per heavy atom. The van der Waals surface area contributed by atoms with Crippen LogP contribution in [0.3, 0.4) is 0 Å². The van der Waals surface area contributed by atoms with E-state index in [1.165, 1.54) is 24.1 Å². The van der Waals surface area contributed by atoms with E-state index in [2.05, 4.69) is 5.32 Å². The average molecular weight is 612 g/mol. The minimum Gasteiger partial charge on any atom is -0.497 e. The fourth-order valence-electron chi connectivity index (χ4n) is 5.27. The fraction of sp³-hybridized carbons (Fsp3) is 0.375. The van der Waals surface area contributed by atoms with Gasteiger partial charge in [0.15, 0.2) is 0 Å². The molecule has 42 heavy (non-hydrogen) atoms. The van der Waals surface area contributed by atoms with Crippen LogP contribution in [-0.4, -0.2) is 50.9 Å². The van der Waals surface area contributed by atoms with Crippen molar-refractivity contribution in [3.05, 3.63) is 89.4 Å². The van der Waals surface area contributed by atoms with E-state index in [0.29, 0.717) is 28.4 Å². The van der Waals surface area contributed by atoms with E-state index in [9.17, 15) is 18.0 Å². The standard InChI is InChI=1S/C32H38ClN3O5S/c1-3-30(32(38)34-25-13-6-4-7-14-25)35(22-24-12-10-11-17-29(24)33)31(37)23-36(26-15-8-5-9-16-26)42(39,40)28-20-18-27(41-2)19-21-28/h5,8-12,15-21,25,30H,3-4,6-7,13-14,22-23H2,1-2H3,(H,34,38)/t30-/m0/s1. The number of carbonyl (C=O) groups excluding carboxylic acids is 2. The quantitative estimate of drug-likeness (QED) is 0.279. The summed E-state index contributed by atoms with van der Waals surface area (Å²) in [5.41, 5.74) is 1.000. The Balaban J connectivity index is 1.69. The van der Waals surface area contributed by atoms with Gasteiger partial charge in [-0.25, -0.2) is 8.42 Å². The maximum absolute atomic E-state index is 14.2. The highest BCUT2D eigenvalue weighted by Gasteiger charge is 2.34. The largest absolute Gasteiger partial charge is 0.497 e. The number of anilines is 1. The number of ether oxygens (including phenoxy) is 1. The molecule has 0 bridgehead atoms. The minimum atomic E-state index is -4.16. The van der Waals surface area contributed by atoms with Gasteiger partial charge in [0, 0.05) is 17.6 Å². The molecule has 1 aliphatic rings. The van der Waals surface area contributed by atoms with Crippen molar-refractivity contribution in [2.75, 3.05) is 18.0 Å². The van der Waals surface area contributed by atoms with E-state index in [1.807, 2.05) is 13.0 Å². The number of halogens is 1. The number of amides is 2. The molecule has 224 valence electrons. The van der Waals surface area contributed by atoms with Crippen LogP contribution >= 0.6 is 11.6 Å². The molecule has 3 aromatic rings. The number of nitrogens with one attached hydrogen (secondary N) is 1. The molecule has 0 aromatic heterocycles. The van der Waals surface area contributed by atoms with Crippen LogP contribution in [0.2, 0.25) is 5.02 Å². The van der Waals surface area contributed by atoms with E-state index < -0.39 is 28.5 Å². The first-order valence-corrected chi connectivity index (χ1v) is 16.1. The second-order valence-corrected chi connectivity index (χ2v) is 12.7. The predicted molar refractivity (Wildman–Crippen MR) is 165 cm³/mol. The number of rotatable bonds is 12. The molecule has 2 amide bonds. The number of benzene rings is 3. The predicted octanol–water partition coefficient (Wildman–Crippen LogP) is 5.80. The van der Waals surface area contributed by atoms with Gasteiger partial charge in [0.05, 0.1) is 17.7 Å². The Morgan fingerprint density at radius 3 is 2.21 bits per heavy atom. The molecular formula is C32H38ClN3O5S. The van der Waals surface area contributed by atoms with E-state index in [4.69, 9.17) is 16.3 Å². The monoisotopic (exact) mass is 611 g/mol. The van der Waals surface area contributed by atoms with Crippen LogP contribution in [0.25, 0.3) is 0 Å². The molecule has 8 nitrogen and oxygen atoms in total. The molecule has 1 N–H and O–H groups in total. The van der Waals surface area contributed by atoms with Gasteiger partial charge in [-0.2, -0.15) is 0 Å². The topological polar surface area (TPSA) is 96.0 Å². The fourth-order valence-corrected chi connectivity index (χ4v) is 6.88. The molecule has 1 fully saturated rings. The van der Waals surface area contributed by atoms with Crippen LogP contribution in [0, 0.1) is 0 Å². The molecule has 1 aliphatic carbocycles. The van der Waals surface area contributed by atoms with Crippen LogP contribution in [0.5, 0.6) is 5.75 Å². The van der Waals surface area contributed by atoms with Gasteiger partial charge in [-0.15, -0.1) is 0 Å². The van der Waals surface area contributed by atoms with E-state index in [1.54, 1.807) is 60.7 Å². The Kier molecular flexibility index (Phi) is 10.9.